The van der Waals surface area contributed by atoms with E-state index in [1.54, 1.807) is 0 Å². The van der Waals surface area contributed by atoms with Crippen LogP contribution < -0.4 is 0 Å². The lowest BCUT2D eigenvalue weighted by molar-refractivity contribution is 0.225. The Morgan fingerprint density at radius 1 is 1.42 bits per heavy atom. The van der Waals surface area contributed by atoms with Crippen molar-refractivity contribution < 1.29 is 4.43 Å². The predicted molar refractivity (Wildman–Crippen MR) is 66.2 cm³/mol. The Bertz CT molecular complexity index is 148. The van der Waals surface area contributed by atoms with Crippen LogP contribution in [0.4, 0.5) is 0 Å². The predicted octanol–water partition coefficient (Wildman–Crippen LogP) is 1.55. The van der Waals surface area contributed by atoms with E-state index in [-0.39, 0.29) is 4.85 Å². The van der Waals surface area contributed by atoms with Crippen LogP contribution in [0.15, 0.2) is 0 Å². The van der Waals surface area contributed by atoms with Crippen LogP contribution in [0.2, 0.25) is 19.6 Å². The highest BCUT2D eigenvalue weighted by atomic mass is 35.7. The molecule has 1 unspecified atom stereocenters. The van der Waals surface area contributed by atoms with Gasteiger partial charge in [-0.25, -0.2) is 0 Å². The first-order chi connectivity index (χ1) is 5.21. The highest BCUT2D eigenvalue weighted by Gasteiger charge is 2.36. The monoisotopic (exact) mass is 260 g/mol. The van der Waals surface area contributed by atoms with Gasteiger partial charge in [0.15, 0.2) is 8.32 Å². The maximum atomic E-state index is 6.03. The first kappa shape index (κ1) is 13.2. The van der Waals surface area contributed by atoms with Crippen LogP contribution in [0.1, 0.15) is 13.3 Å². The third kappa shape index (κ3) is 4.43. The summed E-state index contributed by atoms with van der Waals surface area (Å²) in [5.74, 6) is 0. The summed E-state index contributed by atoms with van der Waals surface area (Å²) in [6.07, 6.45) is 0.966. The molecule has 74 valence electrons. The standard InChI is InChI=1S/C6H18Cl2OSi3/c1-5-6(10,11(7)8)9-12(2,3)4/h11H,5H2,1-4,10H3. The molecule has 0 saturated carbocycles. The van der Waals surface area contributed by atoms with E-state index < -0.39 is 15.7 Å². The lowest BCUT2D eigenvalue weighted by atomic mass is 10.5. The van der Waals surface area contributed by atoms with Gasteiger partial charge in [0, 0.05) is 10.2 Å². The van der Waals surface area contributed by atoms with Crippen molar-refractivity contribution in [1.29, 1.82) is 0 Å². The summed E-state index contributed by atoms with van der Waals surface area (Å²) in [5.41, 5.74) is 0. The molecule has 0 spiro atoms. The fourth-order valence-electron chi connectivity index (χ4n) is 0.970. The third-order valence-electron chi connectivity index (χ3n) is 1.70. The first-order valence-electron chi connectivity index (χ1n) is 4.19. The Balaban J connectivity index is 4.35. The zero-order valence-electron chi connectivity index (χ0n) is 8.45. The van der Waals surface area contributed by atoms with Crippen LogP contribution in [-0.2, 0) is 4.43 Å². The van der Waals surface area contributed by atoms with Crippen molar-refractivity contribution in [2.45, 2.75) is 37.8 Å². The van der Waals surface area contributed by atoms with E-state index in [9.17, 15) is 0 Å². The van der Waals surface area contributed by atoms with Gasteiger partial charge in [-0.3, -0.25) is 0 Å². The van der Waals surface area contributed by atoms with Gasteiger partial charge in [0.25, 0.3) is 7.42 Å². The van der Waals surface area contributed by atoms with Gasteiger partial charge in [-0.15, -0.1) is 22.2 Å². The molecule has 0 radical (unpaired) electrons. The molecule has 0 bridgehead atoms. The highest BCUT2D eigenvalue weighted by Crippen LogP contribution is 2.25. The van der Waals surface area contributed by atoms with E-state index >= 15 is 0 Å². The molecule has 12 heavy (non-hydrogen) atoms. The molecule has 0 fully saturated rings. The topological polar surface area (TPSA) is 9.23 Å². The van der Waals surface area contributed by atoms with Crippen LogP contribution in [0, 0.1) is 0 Å². The van der Waals surface area contributed by atoms with Crippen molar-refractivity contribution in [2.24, 2.45) is 0 Å². The molecule has 1 atom stereocenters. The number of hydrogen-bond acceptors (Lipinski definition) is 1. The summed E-state index contributed by atoms with van der Waals surface area (Å²) in [6, 6.07) is 0. The number of hydrogen-bond donors (Lipinski definition) is 0. The van der Waals surface area contributed by atoms with E-state index in [0.29, 0.717) is 0 Å². The van der Waals surface area contributed by atoms with Gasteiger partial charge in [0.1, 0.15) is 0 Å². The Morgan fingerprint density at radius 3 is 1.92 bits per heavy atom. The second-order valence-corrected chi connectivity index (χ2v) is 16.6. The van der Waals surface area contributed by atoms with Gasteiger partial charge in [-0.05, 0) is 26.1 Å². The van der Waals surface area contributed by atoms with E-state index in [1.165, 1.54) is 0 Å². The zero-order valence-corrected chi connectivity index (χ0v) is 14.1. The Labute approximate surface area is 90.3 Å². The summed E-state index contributed by atoms with van der Waals surface area (Å²) < 4.78 is 6.03. The molecule has 0 aromatic rings. The molecule has 0 aromatic heterocycles. The average Bonchev–Trinajstić information content (AvgIpc) is 1.83. The normalized spacial score (nSPS) is 18.2. The molecule has 0 aliphatic rings. The molecule has 0 heterocycles. The van der Waals surface area contributed by atoms with E-state index in [2.05, 4.69) is 26.6 Å². The minimum absolute atomic E-state index is 0.104. The lowest BCUT2D eigenvalue weighted by Gasteiger charge is -2.35. The SMILES string of the molecule is CCC([SiH3])(O[Si](C)(C)C)[SiH](Cl)Cl. The van der Waals surface area contributed by atoms with Crippen molar-refractivity contribution in [3.05, 3.63) is 0 Å². The van der Waals surface area contributed by atoms with Crippen molar-refractivity contribution in [1.82, 2.24) is 0 Å². The zero-order chi connectivity index (χ0) is 9.99. The molecular weight excluding hydrogens is 243 g/mol. The number of rotatable bonds is 4. The van der Waals surface area contributed by atoms with Gasteiger partial charge in [-0.1, -0.05) is 6.92 Å². The molecule has 0 rings (SSSR count). The van der Waals surface area contributed by atoms with Crippen molar-refractivity contribution >= 4 is 48.1 Å². The van der Waals surface area contributed by atoms with Crippen molar-refractivity contribution in [3.63, 3.8) is 0 Å². The molecule has 0 N–H and O–H groups in total. The Morgan fingerprint density at radius 2 is 1.83 bits per heavy atom. The maximum absolute atomic E-state index is 6.03. The van der Waals surface area contributed by atoms with E-state index in [4.69, 9.17) is 26.6 Å². The minimum Gasteiger partial charge on any atom is -0.416 e. The first-order valence-corrected chi connectivity index (χ1v) is 12.7. The van der Waals surface area contributed by atoms with Crippen LogP contribution >= 0.6 is 22.2 Å². The summed E-state index contributed by atoms with van der Waals surface area (Å²) in [7, 11) is -2.21. The van der Waals surface area contributed by atoms with Gasteiger partial charge in [0.05, 0.1) is 4.85 Å². The molecular formula is C6H18Cl2OSi3. The molecule has 1 nitrogen and oxygen atoms in total. The average molecular weight is 261 g/mol. The minimum atomic E-state index is -1.68. The molecule has 0 aliphatic carbocycles. The second-order valence-electron chi connectivity index (χ2n) is 4.18. The van der Waals surface area contributed by atoms with Gasteiger partial charge in [-0.2, -0.15) is 0 Å². The molecule has 0 saturated heterocycles. The highest BCUT2D eigenvalue weighted by molar-refractivity contribution is 7.36. The second kappa shape index (κ2) is 4.61. The summed E-state index contributed by atoms with van der Waals surface area (Å²) in [6.45, 7) is 8.65. The van der Waals surface area contributed by atoms with Crippen LogP contribution in [0.3, 0.4) is 0 Å². The summed E-state index contributed by atoms with van der Waals surface area (Å²) in [5, 5.41) is 0. The Hall–Kier alpha value is 1.19. The van der Waals surface area contributed by atoms with Gasteiger partial charge < -0.3 is 4.43 Å². The largest absolute Gasteiger partial charge is 0.416 e. The Kier molecular flexibility index (Phi) is 5.07. The smallest absolute Gasteiger partial charge is 0.262 e. The van der Waals surface area contributed by atoms with Gasteiger partial charge in [0.2, 0.25) is 0 Å². The van der Waals surface area contributed by atoms with E-state index in [0.717, 1.165) is 16.7 Å². The van der Waals surface area contributed by atoms with Crippen molar-refractivity contribution in [2.75, 3.05) is 0 Å². The summed E-state index contributed by atoms with van der Waals surface area (Å²) in [4.78, 5) is -0.104. The maximum Gasteiger partial charge on any atom is 0.262 e. The van der Waals surface area contributed by atoms with Crippen molar-refractivity contribution in [3.8, 4) is 0 Å². The lowest BCUT2D eigenvalue weighted by Crippen LogP contribution is -2.49. The molecule has 0 aromatic carbocycles. The van der Waals surface area contributed by atoms with Gasteiger partial charge >= 0.3 is 0 Å². The van der Waals surface area contributed by atoms with E-state index in [1.807, 2.05) is 0 Å². The quantitative estimate of drug-likeness (QED) is 0.551. The number of halogens is 2. The van der Waals surface area contributed by atoms with Crippen LogP contribution in [-0.4, -0.2) is 30.8 Å². The van der Waals surface area contributed by atoms with Crippen LogP contribution in [0.25, 0.3) is 0 Å². The fraction of sp³-hybridized carbons (Fsp3) is 1.00. The third-order valence-corrected chi connectivity index (χ3v) is 12.5. The fourth-order valence-corrected chi connectivity index (χ4v) is 7.80. The van der Waals surface area contributed by atoms with Crippen LogP contribution in [0.5, 0.6) is 0 Å². The summed E-state index contributed by atoms with van der Waals surface area (Å²) >= 11 is 12.1. The molecule has 0 aliphatic heterocycles. The molecule has 0 amide bonds. The molecule has 6 heteroatoms.